The number of aryl methyl sites for hydroxylation is 1. The van der Waals surface area contributed by atoms with Gasteiger partial charge >= 0.3 is 6.18 Å². The van der Waals surface area contributed by atoms with Crippen LogP contribution in [0.1, 0.15) is 42.0 Å². The van der Waals surface area contributed by atoms with E-state index >= 15 is 0 Å². The molecule has 1 unspecified atom stereocenters. The minimum atomic E-state index is -4.47. The second-order valence-corrected chi connectivity index (χ2v) is 9.41. The van der Waals surface area contributed by atoms with Gasteiger partial charge in [-0.25, -0.2) is 0 Å². The van der Waals surface area contributed by atoms with Crippen LogP contribution < -0.4 is 5.32 Å². The Morgan fingerprint density at radius 1 is 1.17 bits per heavy atom. The Labute approximate surface area is 189 Å². The average Bonchev–Trinajstić information content (AvgIpc) is 3.13. The third-order valence-corrected chi connectivity index (χ3v) is 7.15. The van der Waals surface area contributed by atoms with E-state index in [1.807, 2.05) is 32.0 Å². The van der Waals surface area contributed by atoms with Gasteiger partial charge in [-0.2, -0.15) is 13.2 Å². The molecule has 1 aliphatic rings. The lowest BCUT2D eigenvalue weighted by molar-refractivity contribution is -0.160. The number of halogens is 5. The maximum atomic E-state index is 14.3. The normalized spacial score (nSPS) is 19.0. The van der Waals surface area contributed by atoms with Gasteiger partial charge in [-0.15, -0.1) is 11.8 Å². The molecule has 160 valence electrons. The van der Waals surface area contributed by atoms with Gasteiger partial charge in [0.05, 0.1) is 0 Å². The Kier molecular flexibility index (Phi) is 6.85. The van der Waals surface area contributed by atoms with E-state index in [4.69, 9.17) is 23.2 Å². The SMILES string of the molecule is C=C(CC)NCc1ccc(C2=CSC(c3cc(Cl)cc(Cl)c3)(C(F)(F)F)C2)cc1C. The van der Waals surface area contributed by atoms with Crippen molar-refractivity contribution in [2.75, 3.05) is 0 Å². The highest BCUT2D eigenvalue weighted by Gasteiger charge is 2.58. The minimum absolute atomic E-state index is 0.0689. The Balaban J connectivity index is 1.89. The molecule has 3 rings (SSSR count). The molecule has 0 aliphatic carbocycles. The smallest absolute Gasteiger partial charge is 0.385 e. The van der Waals surface area contributed by atoms with E-state index in [-0.39, 0.29) is 22.0 Å². The van der Waals surface area contributed by atoms with Gasteiger partial charge in [0.25, 0.3) is 0 Å². The van der Waals surface area contributed by atoms with Gasteiger partial charge in [-0.3, -0.25) is 0 Å². The fourth-order valence-electron chi connectivity index (χ4n) is 3.42. The predicted octanol–water partition coefficient (Wildman–Crippen LogP) is 8.25. The van der Waals surface area contributed by atoms with Gasteiger partial charge in [0.1, 0.15) is 4.75 Å². The molecule has 0 radical (unpaired) electrons. The first-order valence-electron chi connectivity index (χ1n) is 9.47. The van der Waals surface area contributed by atoms with Crippen LogP contribution in [0.2, 0.25) is 10.0 Å². The molecule has 0 saturated carbocycles. The molecule has 2 aromatic carbocycles. The van der Waals surface area contributed by atoms with Crippen molar-refractivity contribution in [3.63, 3.8) is 0 Å². The maximum Gasteiger partial charge on any atom is 0.407 e. The Hall–Kier alpha value is -1.56. The molecular formula is C23H22Cl2F3NS. The summed E-state index contributed by atoms with van der Waals surface area (Å²) in [6, 6.07) is 9.92. The van der Waals surface area contributed by atoms with Gasteiger partial charge in [0.15, 0.2) is 0 Å². The number of thioether (sulfide) groups is 1. The molecule has 1 aliphatic heterocycles. The third-order valence-electron chi connectivity index (χ3n) is 5.30. The standard InChI is InChI=1S/C23H22Cl2F3NS/c1-4-15(3)29-12-17-6-5-16(7-14(17)2)18-11-22(30-13-18,23(26,27)28)19-8-20(24)10-21(25)9-19/h5-10,13,29H,3-4,11-12H2,1-2H3. The number of benzene rings is 2. The van der Waals surface area contributed by atoms with E-state index in [0.29, 0.717) is 12.1 Å². The molecule has 0 aromatic heterocycles. The van der Waals surface area contributed by atoms with Crippen molar-refractivity contribution in [1.82, 2.24) is 5.32 Å². The third kappa shape index (κ3) is 4.68. The van der Waals surface area contributed by atoms with Crippen LogP contribution in [-0.2, 0) is 11.3 Å². The average molecular weight is 472 g/mol. The van der Waals surface area contributed by atoms with Crippen molar-refractivity contribution in [2.45, 2.75) is 44.2 Å². The Morgan fingerprint density at radius 2 is 1.83 bits per heavy atom. The lowest BCUT2D eigenvalue weighted by Gasteiger charge is -2.32. The number of rotatable bonds is 6. The maximum absolute atomic E-state index is 14.3. The summed E-state index contributed by atoms with van der Waals surface area (Å²) in [4.78, 5) is 0. The second kappa shape index (κ2) is 8.89. The first-order chi connectivity index (χ1) is 14.1. The second-order valence-electron chi connectivity index (χ2n) is 7.37. The van der Waals surface area contributed by atoms with Crippen LogP contribution in [0.3, 0.4) is 0 Å². The number of nitrogens with one attached hydrogen (secondary N) is 1. The summed E-state index contributed by atoms with van der Waals surface area (Å²) in [6.45, 7) is 8.56. The summed E-state index contributed by atoms with van der Waals surface area (Å²) in [5, 5.41) is 5.24. The largest absolute Gasteiger partial charge is 0.407 e. The fourth-order valence-corrected chi connectivity index (χ4v) is 5.14. The zero-order chi connectivity index (χ0) is 22.1. The van der Waals surface area contributed by atoms with Crippen LogP contribution in [0.4, 0.5) is 13.2 Å². The summed E-state index contributed by atoms with van der Waals surface area (Å²) >= 11 is 12.8. The van der Waals surface area contributed by atoms with Crippen molar-refractivity contribution in [1.29, 1.82) is 0 Å². The van der Waals surface area contributed by atoms with E-state index < -0.39 is 10.9 Å². The predicted molar refractivity (Wildman–Crippen MR) is 122 cm³/mol. The van der Waals surface area contributed by atoms with Crippen molar-refractivity contribution in [3.05, 3.63) is 86.4 Å². The van der Waals surface area contributed by atoms with Crippen LogP contribution in [0.5, 0.6) is 0 Å². The molecule has 1 atom stereocenters. The summed E-state index contributed by atoms with van der Waals surface area (Å²) in [5.41, 5.74) is 4.56. The molecule has 0 spiro atoms. The van der Waals surface area contributed by atoms with Crippen LogP contribution in [0.15, 0.2) is 54.1 Å². The topological polar surface area (TPSA) is 12.0 Å². The molecule has 1 N–H and O–H groups in total. The molecule has 1 heterocycles. The molecule has 7 heteroatoms. The van der Waals surface area contributed by atoms with Crippen LogP contribution >= 0.6 is 35.0 Å². The highest BCUT2D eigenvalue weighted by Crippen LogP contribution is 2.60. The van der Waals surface area contributed by atoms with Gasteiger partial charge in [0, 0.05) is 28.7 Å². The number of hydrogen-bond acceptors (Lipinski definition) is 2. The van der Waals surface area contributed by atoms with Crippen LogP contribution in [0, 0.1) is 6.92 Å². The first-order valence-corrected chi connectivity index (χ1v) is 11.1. The van der Waals surface area contributed by atoms with E-state index in [9.17, 15) is 13.2 Å². The lowest BCUT2D eigenvalue weighted by atomic mass is 9.88. The van der Waals surface area contributed by atoms with Crippen molar-refractivity contribution < 1.29 is 13.2 Å². The zero-order valence-corrected chi connectivity index (χ0v) is 19.0. The molecule has 30 heavy (non-hydrogen) atoms. The summed E-state index contributed by atoms with van der Waals surface area (Å²) in [7, 11) is 0. The fraction of sp³-hybridized carbons (Fsp3) is 0.304. The molecule has 0 amide bonds. The number of allylic oxidation sites excluding steroid dienone is 2. The Bertz CT molecular complexity index is 980. The zero-order valence-electron chi connectivity index (χ0n) is 16.7. The van der Waals surface area contributed by atoms with E-state index in [1.165, 1.54) is 18.2 Å². The molecular weight excluding hydrogens is 450 g/mol. The molecule has 0 fully saturated rings. The van der Waals surface area contributed by atoms with Crippen molar-refractivity contribution in [3.8, 4) is 0 Å². The lowest BCUT2D eigenvalue weighted by Crippen LogP contribution is -2.37. The van der Waals surface area contributed by atoms with Crippen LogP contribution in [0.25, 0.3) is 5.57 Å². The molecule has 2 aromatic rings. The van der Waals surface area contributed by atoms with E-state index in [0.717, 1.165) is 40.6 Å². The van der Waals surface area contributed by atoms with Crippen molar-refractivity contribution in [2.24, 2.45) is 0 Å². The monoisotopic (exact) mass is 471 g/mol. The Morgan fingerprint density at radius 3 is 2.40 bits per heavy atom. The molecule has 1 nitrogen and oxygen atoms in total. The van der Waals surface area contributed by atoms with Gasteiger partial charge in [-0.1, -0.05) is 54.9 Å². The van der Waals surface area contributed by atoms with Gasteiger partial charge < -0.3 is 5.32 Å². The summed E-state index contributed by atoms with van der Waals surface area (Å²) in [5.74, 6) is 0. The first kappa shape index (κ1) is 23.1. The molecule has 0 saturated heterocycles. The number of alkyl halides is 3. The van der Waals surface area contributed by atoms with Gasteiger partial charge in [0.2, 0.25) is 0 Å². The van der Waals surface area contributed by atoms with E-state index in [1.54, 1.807) is 5.41 Å². The molecule has 0 bridgehead atoms. The highest BCUT2D eigenvalue weighted by atomic mass is 35.5. The summed E-state index contributed by atoms with van der Waals surface area (Å²) < 4.78 is 40.6. The summed E-state index contributed by atoms with van der Waals surface area (Å²) in [6.07, 6.45) is -3.81. The number of hydrogen-bond donors (Lipinski definition) is 1. The van der Waals surface area contributed by atoms with Crippen molar-refractivity contribution >= 4 is 40.5 Å². The highest BCUT2D eigenvalue weighted by molar-refractivity contribution is 8.03. The quantitative estimate of drug-likeness (QED) is 0.454. The van der Waals surface area contributed by atoms with Crippen LogP contribution in [-0.4, -0.2) is 6.18 Å². The van der Waals surface area contributed by atoms with E-state index in [2.05, 4.69) is 11.9 Å². The van der Waals surface area contributed by atoms with Gasteiger partial charge in [-0.05, 0) is 64.8 Å². The minimum Gasteiger partial charge on any atom is -0.385 e.